The Balaban J connectivity index is 1.94. The molecular formula is C19H23FN4O2. The summed E-state index contributed by atoms with van der Waals surface area (Å²) >= 11 is 0. The Bertz CT molecular complexity index is 784. The number of nitrogens with zero attached hydrogens (tertiary/aromatic N) is 3. The van der Waals surface area contributed by atoms with Crippen molar-refractivity contribution in [1.29, 1.82) is 0 Å². The van der Waals surface area contributed by atoms with Crippen LogP contribution in [0.4, 0.5) is 4.39 Å². The number of aliphatic imine (C=N–C) groups is 2. The molecule has 1 aromatic rings. The van der Waals surface area contributed by atoms with E-state index < -0.39 is 0 Å². The molecule has 2 rings (SSSR count). The molecule has 1 heterocycles. The number of halogens is 1. The van der Waals surface area contributed by atoms with E-state index in [1.807, 2.05) is 6.92 Å². The fourth-order valence-corrected chi connectivity index (χ4v) is 2.36. The third-order valence-corrected chi connectivity index (χ3v) is 3.76. The molecule has 1 aliphatic heterocycles. The Kier molecular flexibility index (Phi) is 6.77. The van der Waals surface area contributed by atoms with Crippen molar-refractivity contribution in [2.75, 3.05) is 6.54 Å². The van der Waals surface area contributed by atoms with E-state index in [9.17, 15) is 9.18 Å². The molecular weight excluding hydrogens is 335 g/mol. The molecule has 1 aromatic carbocycles. The van der Waals surface area contributed by atoms with E-state index >= 15 is 0 Å². The van der Waals surface area contributed by atoms with E-state index in [1.54, 1.807) is 26.0 Å². The number of oxime groups is 1. The second-order valence-electron chi connectivity index (χ2n) is 6.11. The maximum atomic E-state index is 13.3. The highest BCUT2D eigenvalue weighted by Gasteiger charge is 2.15. The lowest BCUT2D eigenvalue weighted by Crippen LogP contribution is -2.30. The first kappa shape index (κ1) is 19.5. The molecule has 0 saturated carbocycles. The highest BCUT2D eigenvalue weighted by molar-refractivity contribution is 6.44. The van der Waals surface area contributed by atoms with Gasteiger partial charge >= 0.3 is 0 Å². The number of hydrogen-bond acceptors (Lipinski definition) is 4. The first-order valence-corrected chi connectivity index (χ1v) is 8.36. The van der Waals surface area contributed by atoms with Gasteiger partial charge in [0.1, 0.15) is 23.5 Å². The van der Waals surface area contributed by atoms with Gasteiger partial charge in [0.15, 0.2) is 0 Å². The number of rotatable bonds is 6. The van der Waals surface area contributed by atoms with E-state index in [2.05, 4.69) is 27.0 Å². The molecule has 7 heteroatoms. The van der Waals surface area contributed by atoms with Crippen LogP contribution in [-0.4, -0.2) is 35.8 Å². The quantitative estimate of drug-likeness (QED) is 0.627. The van der Waals surface area contributed by atoms with Gasteiger partial charge in [0, 0.05) is 13.0 Å². The van der Waals surface area contributed by atoms with Crippen molar-refractivity contribution in [1.82, 2.24) is 5.32 Å². The van der Waals surface area contributed by atoms with Crippen molar-refractivity contribution >= 4 is 23.2 Å². The molecule has 1 amide bonds. The number of aryl methyl sites for hydroxylation is 1. The molecule has 1 aliphatic rings. The van der Waals surface area contributed by atoms with Gasteiger partial charge in [0.2, 0.25) is 0 Å². The fourth-order valence-electron chi connectivity index (χ4n) is 2.36. The summed E-state index contributed by atoms with van der Waals surface area (Å²) in [4.78, 5) is 25.9. The van der Waals surface area contributed by atoms with Gasteiger partial charge in [-0.15, -0.1) is 0 Å². The average molecular weight is 358 g/mol. The van der Waals surface area contributed by atoms with Crippen LogP contribution < -0.4 is 5.32 Å². The van der Waals surface area contributed by atoms with E-state index in [4.69, 9.17) is 4.84 Å². The standard InChI is InChI=1S/C19H23FN4O2/c1-5-18(23-14(4)21-11-16-9-13(3)26-24-16)19(25)22-10-15-6-7-17(20)12(2)8-15/h5-8,13H,1,9-11H2,2-4H3,(H,22,25). The number of carbonyl (C=O) groups is 1. The van der Waals surface area contributed by atoms with E-state index in [0.29, 0.717) is 17.9 Å². The molecule has 1 N–H and O–H groups in total. The Morgan fingerprint density at radius 3 is 2.92 bits per heavy atom. The van der Waals surface area contributed by atoms with Crippen LogP contribution in [0.1, 0.15) is 31.4 Å². The topological polar surface area (TPSA) is 75.4 Å². The summed E-state index contributed by atoms with van der Waals surface area (Å²) in [5, 5.41) is 6.68. The zero-order chi connectivity index (χ0) is 19.1. The maximum absolute atomic E-state index is 13.3. The third kappa shape index (κ3) is 5.61. The zero-order valence-electron chi connectivity index (χ0n) is 15.3. The summed E-state index contributed by atoms with van der Waals surface area (Å²) in [6.45, 7) is 9.61. The van der Waals surface area contributed by atoms with Gasteiger partial charge in [-0.25, -0.2) is 9.38 Å². The van der Waals surface area contributed by atoms with Crippen LogP contribution in [-0.2, 0) is 16.2 Å². The largest absolute Gasteiger partial charge is 0.392 e. The average Bonchev–Trinajstić information content (AvgIpc) is 3.04. The molecule has 0 aliphatic carbocycles. The molecule has 1 unspecified atom stereocenters. The van der Waals surface area contributed by atoms with Crippen LogP contribution in [0.3, 0.4) is 0 Å². The minimum Gasteiger partial charge on any atom is -0.392 e. The van der Waals surface area contributed by atoms with Gasteiger partial charge in [0.05, 0.1) is 12.3 Å². The van der Waals surface area contributed by atoms with Gasteiger partial charge in [-0.2, -0.15) is 0 Å². The van der Waals surface area contributed by atoms with E-state index in [-0.39, 0.29) is 30.1 Å². The van der Waals surface area contributed by atoms with Gasteiger partial charge in [-0.1, -0.05) is 23.9 Å². The van der Waals surface area contributed by atoms with Crippen molar-refractivity contribution in [3.05, 3.63) is 47.8 Å². The summed E-state index contributed by atoms with van der Waals surface area (Å²) in [7, 11) is 0. The Morgan fingerprint density at radius 2 is 2.31 bits per heavy atom. The Hall–Kier alpha value is -2.83. The van der Waals surface area contributed by atoms with E-state index in [0.717, 1.165) is 17.7 Å². The van der Waals surface area contributed by atoms with Gasteiger partial charge in [-0.3, -0.25) is 9.79 Å². The first-order chi connectivity index (χ1) is 12.4. The normalized spacial score (nSPS) is 17.5. The van der Waals surface area contributed by atoms with Crippen LogP contribution in [0.5, 0.6) is 0 Å². The summed E-state index contributed by atoms with van der Waals surface area (Å²) < 4.78 is 13.3. The second-order valence-corrected chi connectivity index (χ2v) is 6.11. The zero-order valence-corrected chi connectivity index (χ0v) is 15.3. The summed E-state index contributed by atoms with van der Waals surface area (Å²) in [5.74, 6) is -0.187. The number of amidine groups is 1. The molecule has 138 valence electrons. The minimum absolute atomic E-state index is 0.0774. The number of amides is 1. The Labute approximate surface area is 152 Å². The lowest BCUT2D eigenvalue weighted by atomic mass is 10.1. The lowest BCUT2D eigenvalue weighted by molar-refractivity contribution is -0.114. The van der Waals surface area contributed by atoms with Gasteiger partial charge < -0.3 is 10.2 Å². The van der Waals surface area contributed by atoms with Crippen molar-refractivity contribution < 1.29 is 14.0 Å². The SMILES string of the molecule is C=CC(=NC(C)=NCC1=NOC(C)C1)C(=O)NCc1ccc(F)c(C)c1. The predicted molar refractivity (Wildman–Crippen MR) is 101 cm³/mol. The molecule has 0 saturated heterocycles. The smallest absolute Gasteiger partial charge is 0.270 e. The molecule has 1 atom stereocenters. The van der Waals surface area contributed by atoms with Crippen molar-refractivity contribution in [3.63, 3.8) is 0 Å². The lowest BCUT2D eigenvalue weighted by Gasteiger charge is -2.07. The molecule has 6 nitrogen and oxygen atoms in total. The van der Waals surface area contributed by atoms with Crippen LogP contribution in [0, 0.1) is 12.7 Å². The van der Waals surface area contributed by atoms with E-state index in [1.165, 1.54) is 12.1 Å². The highest BCUT2D eigenvalue weighted by Crippen LogP contribution is 2.10. The predicted octanol–water partition coefficient (Wildman–Crippen LogP) is 2.96. The van der Waals surface area contributed by atoms with Crippen LogP contribution in [0.2, 0.25) is 0 Å². The number of benzene rings is 1. The van der Waals surface area contributed by atoms with Gasteiger partial charge in [0.25, 0.3) is 5.91 Å². The summed E-state index contributed by atoms with van der Waals surface area (Å²) in [6, 6.07) is 4.70. The number of nitrogens with one attached hydrogen (secondary N) is 1. The van der Waals surface area contributed by atoms with Crippen molar-refractivity contribution in [2.45, 2.75) is 39.8 Å². The number of hydrogen-bond donors (Lipinski definition) is 1. The van der Waals surface area contributed by atoms with Gasteiger partial charge in [-0.05, 0) is 44.0 Å². The van der Waals surface area contributed by atoms with Crippen LogP contribution in [0.15, 0.2) is 46.0 Å². The first-order valence-electron chi connectivity index (χ1n) is 8.36. The third-order valence-electron chi connectivity index (χ3n) is 3.76. The molecule has 0 bridgehead atoms. The monoisotopic (exact) mass is 358 g/mol. The molecule has 0 aromatic heterocycles. The molecule has 0 fully saturated rings. The maximum Gasteiger partial charge on any atom is 0.270 e. The Morgan fingerprint density at radius 1 is 1.54 bits per heavy atom. The van der Waals surface area contributed by atoms with Crippen molar-refractivity contribution in [2.24, 2.45) is 15.1 Å². The summed E-state index contributed by atoms with van der Waals surface area (Å²) in [5.41, 5.74) is 2.36. The second kappa shape index (κ2) is 9.03. The minimum atomic E-state index is -0.369. The highest BCUT2D eigenvalue weighted by atomic mass is 19.1. The molecule has 26 heavy (non-hydrogen) atoms. The van der Waals surface area contributed by atoms with Crippen LogP contribution in [0.25, 0.3) is 0 Å². The fraction of sp³-hybridized carbons (Fsp3) is 0.368. The molecule has 0 radical (unpaired) electrons. The summed E-state index contributed by atoms with van der Waals surface area (Å²) in [6.07, 6.45) is 2.20. The molecule has 0 spiro atoms. The van der Waals surface area contributed by atoms with Crippen molar-refractivity contribution in [3.8, 4) is 0 Å². The van der Waals surface area contributed by atoms with Crippen LogP contribution >= 0.6 is 0 Å². The number of carbonyl (C=O) groups excluding carboxylic acids is 1.